The number of allylic oxidation sites excluding steroid dienone is 2. The van der Waals surface area contributed by atoms with Gasteiger partial charge in [-0.15, -0.1) is 0 Å². The van der Waals surface area contributed by atoms with Crippen LogP contribution in [0.5, 0.6) is 0 Å². The molecule has 0 heterocycles. The number of hydrogen-bond acceptors (Lipinski definition) is 2. The van der Waals surface area contributed by atoms with Gasteiger partial charge in [-0.25, -0.2) is 0 Å². The predicted molar refractivity (Wildman–Crippen MR) is 62.7 cm³/mol. The second kappa shape index (κ2) is 4.67. The van der Waals surface area contributed by atoms with Crippen LogP contribution in [0.25, 0.3) is 0 Å². The fourth-order valence-electron chi connectivity index (χ4n) is 2.47. The van der Waals surface area contributed by atoms with Gasteiger partial charge < -0.3 is 10.4 Å². The molecule has 0 amide bonds. The average molecular weight is 209 g/mol. The van der Waals surface area contributed by atoms with Crippen molar-refractivity contribution in [1.29, 1.82) is 0 Å². The summed E-state index contributed by atoms with van der Waals surface area (Å²) in [5.41, 5.74) is -0.0127. The van der Waals surface area contributed by atoms with E-state index in [1.807, 2.05) is 0 Å². The lowest BCUT2D eigenvalue weighted by Gasteiger charge is -2.31. The van der Waals surface area contributed by atoms with Crippen molar-refractivity contribution in [2.75, 3.05) is 13.2 Å². The van der Waals surface area contributed by atoms with E-state index in [1.54, 1.807) is 0 Å². The van der Waals surface area contributed by atoms with Gasteiger partial charge in [-0.05, 0) is 57.4 Å². The van der Waals surface area contributed by atoms with E-state index >= 15 is 0 Å². The van der Waals surface area contributed by atoms with Gasteiger partial charge >= 0.3 is 0 Å². The molecule has 86 valence electrons. The first-order chi connectivity index (χ1) is 7.24. The number of rotatable bonds is 5. The zero-order valence-electron chi connectivity index (χ0n) is 9.71. The summed E-state index contributed by atoms with van der Waals surface area (Å²) >= 11 is 0. The second-order valence-corrected chi connectivity index (χ2v) is 5.38. The number of nitrogens with one attached hydrogen (secondary N) is 1. The first-order valence-corrected chi connectivity index (χ1v) is 6.25. The van der Waals surface area contributed by atoms with Crippen LogP contribution in [0.4, 0.5) is 0 Å². The van der Waals surface area contributed by atoms with Crippen molar-refractivity contribution in [3.05, 3.63) is 12.2 Å². The second-order valence-electron chi connectivity index (χ2n) is 5.38. The molecule has 0 saturated heterocycles. The average Bonchev–Trinajstić information content (AvgIpc) is 3.11. The Hall–Kier alpha value is -0.340. The molecule has 2 nitrogen and oxygen atoms in total. The molecule has 0 aliphatic heterocycles. The zero-order valence-corrected chi connectivity index (χ0v) is 9.71. The highest BCUT2D eigenvalue weighted by molar-refractivity contribution is 4.98. The van der Waals surface area contributed by atoms with Crippen molar-refractivity contribution >= 4 is 0 Å². The molecular formula is C13H23NO. The zero-order chi connectivity index (χ0) is 10.7. The molecule has 2 aliphatic rings. The van der Waals surface area contributed by atoms with E-state index in [-0.39, 0.29) is 12.1 Å². The molecule has 0 aromatic carbocycles. The highest BCUT2D eigenvalue weighted by atomic mass is 16.3. The van der Waals surface area contributed by atoms with Crippen LogP contribution in [0.2, 0.25) is 0 Å². The van der Waals surface area contributed by atoms with E-state index < -0.39 is 0 Å². The van der Waals surface area contributed by atoms with Gasteiger partial charge in [-0.2, -0.15) is 0 Å². The predicted octanol–water partition coefficient (Wildman–Crippen LogP) is 2.09. The maximum absolute atomic E-state index is 9.45. The van der Waals surface area contributed by atoms with E-state index in [2.05, 4.69) is 24.4 Å². The van der Waals surface area contributed by atoms with Gasteiger partial charge in [0.05, 0.1) is 6.61 Å². The first kappa shape index (κ1) is 11.2. The molecule has 2 rings (SSSR count). The summed E-state index contributed by atoms with van der Waals surface area (Å²) in [6, 6.07) is 0. The summed E-state index contributed by atoms with van der Waals surface area (Å²) in [7, 11) is 0. The topological polar surface area (TPSA) is 32.3 Å². The van der Waals surface area contributed by atoms with Crippen molar-refractivity contribution in [2.45, 2.75) is 44.6 Å². The normalized spacial score (nSPS) is 30.1. The summed E-state index contributed by atoms with van der Waals surface area (Å²) in [5.74, 6) is 1.49. The first-order valence-electron chi connectivity index (χ1n) is 6.25. The summed E-state index contributed by atoms with van der Waals surface area (Å²) in [5, 5.41) is 13.0. The molecular weight excluding hydrogens is 186 g/mol. The molecule has 15 heavy (non-hydrogen) atoms. The Balaban J connectivity index is 1.77. The van der Waals surface area contributed by atoms with Crippen LogP contribution in [-0.4, -0.2) is 23.8 Å². The molecule has 1 fully saturated rings. The largest absolute Gasteiger partial charge is 0.394 e. The number of hydrogen-bond donors (Lipinski definition) is 2. The quantitative estimate of drug-likeness (QED) is 0.680. The molecule has 0 aromatic rings. The van der Waals surface area contributed by atoms with Crippen LogP contribution in [-0.2, 0) is 0 Å². The van der Waals surface area contributed by atoms with E-state index in [9.17, 15) is 5.11 Å². The van der Waals surface area contributed by atoms with Crippen molar-refractivity contribution in [2.24, 2.45) is 11.8 Å². The van der Waals surface area contributed by atoms with Crippen LogP contribution in [0.1, 0.15) is 39.0 Å². The van der Waals surface area contributed by atoms with Crippen molar-refractivity contribution in [1.82, 2.24) is 5.32 Å². The van der Waals surface area contributed by atoms with E-state index in [1.165, 1.54) is 32.1 Å². The Bertz CT molecular complexity index is 235. The third-order valence-electron chi connectivity index (χ3n) is 3.98. The maximum Gasteiger partial charge on any atom is 0.0613 e. The third kappa shape index (κ3) is 2.82. The minimum absolute atomic E-state index is 0.0127. The minimum atomic E-state index is -0.0127. The lowest BCUT2D eigenvalue weighted by atomic mass is 9.91. The molecule has 0 bridgehead atoms. The smallest absolute Gasteiger partial charge is 0.0613 e. The van der Waals surface area contributed by atoms with Gasteiger partial charge in [0, 0.05) is 5.54 Å². The Labute approximate surface area is 92.8 Å². The fourth-order valence-corrected chi connectivity index (χ4v) is 2.47. The lowest BCUT2D eigenvalue weighted by molar-refractivity contribution is 0.148. The summed E-state index contributed by atoms with van der Waals surface area (Å²) in [6.45, 7) is 3.52. The molecule has 1 saturated carbocycles. The van der Waals surface area contributed by atoms with Gasteiger partial charge in [0.25, 0.3) is 0 Å². The van der Waals surface area contributed by atoms with Gasteiger partial charge in [0.1, 0.15) is 0 Å². The van der Waals surface area contributed by atoms with Gasteiger partial charge in [-0.3, -0.25) is 0 Å². The van der Waals surface area contributed by atoms with Crippen LogP contribution in [0, 0.1) is 11.8 Å². The number of aliphatic hydroxyl groups is 1. The van der Waals surface area contributed by atoms with Crippen molar-refractivity contribution in [3.8, 4) is 0 Å². The third-order valence-corrected chi connectivity index (χ3v) is 3.98. The highest BCUT2D eigenvalue weighted by Crippen LogP contribution is 2.39. The van der Waals surface area contributed by atoms with Crippen LogP contribution in [0.15, 0.2) is 12.2 Å². The molecule has 2 aliphatic carbocycles. The molecule has 0 spiro atoms. The Kier molecular flexibility index (Phi) is 3.47. The molecule has 2 atom stereocenters. The standard InChI is InChI=1S/C13H23NO/c1-13(10-15,12-7-8-12)14-9-11-5-3-2-4-6-11/h2-3,11-12,14-15H,4-10H2,1H3. The summed E-state index contributed by atoms with van der Waals surface area (Å²) < 4.78 is 0. The Morgan fingerprint density at radius 3 is 2.67 bits per heavy atom. The Morgan fingerprint density at radius 1 is 1.33 bits per heavy atom. The molecule has 0 radical (unpaired) electrons. The van der Waals surface area contributed by atoms with Crippen molar-refractivity contribution < 1.29 is 5.11 Å². The van der Waals surface area contributed by atoms with Gasteiger partial charge in [0.15, 0.2) is 0 Å². The van der Waals surface area contributed by atoms with E-state index in [0.29, 0.717) is 5.92 Å². The van der Waals surface area contributed by atoms with Crippen molar-refractivity contribution in [3.63, 3.8) is 0 Å². The molecule has 0 aromatic heterocycles. The van der Waals surface area contributed by atoms with E-state index in [0.717, 1.165) is 12.5 Å². The Morgan fingerprint density at radius 2 is 2.13 bits per heavy atom. The van der Waals surface area contributed by atoms with Crippen LogP contribution in [0.3, 0.4) is 0 Å². The fraction of sp³-hybridized carbons (Fsp3) is 0.846. The van der Waals surface area contributed by atoms with E-state index in [4.69, 9.17) is 0 Å². The van der Waals surface area contributed by atoms with Gasteiger partial charge in [0.2, 0.25) is 0 Å². The van der Waals surface area contributed by atoms with Crippen LogP contribution >= 0.6 is 0 Å². The van der Waals surface area contributed by atoms with Gasteiger partial charge in [-0.1, -0.05) is 12.2 Å². The van der Waals surface area contributed by atoms with Crippen LogP contribution < -0.4 is 5.32 Å². The summed E-state index contributed by atoms with van der Waals surface area (Å²) in [6.07, 6.45) is 10.9. The maximum atomic E-state index is 9.45. The SMILES string of the molecule is CC(CO)(NCC1CC=CCC1)C1CC1. The molecule has 2 heteroatoms. The molecule has 2 N–H and O–H groups in total. The summed E-state index contributed by atoms with van der Waals surface area (Å²) in [4.78, 5) is 0. The minimum Gasteiger partial charge on any atom is -0.394 e. The number of aliphatic hydroxyl groups excluding tert-OH is 1. The monoisotopic (exact) mass is 209 g/mol. The molecule has 2 unspecified atom stereocenters. The lowest BCUT2D eigenvalue weighted by Crippen LogP contribution is -2.49. The highest BCUT2D eigenvalue weighted by Gasteiger charge is 2.40.